The largest absolute Gasteiger partial charge is 0.435 e. The summed E-state index contributed by atoms with van der Waals surface area (Å²) in [5.74, 6) is 0.242. The lowest BCUT2D eigenvalue weighted by molar-refractivity contribution is -0.385. The van der Waals surface area contributed by atoms with Crippen LogP contribution >= 0.6 is 11.3 Å². The number of likely N-dealkylation sites (tertiary alicyclic amines) is 1. The molecule has 2 aromatic heterocycles. The molecule has 0 radical (unpaired) electrons. The van der Waals surface area contributed by atoms with Crippen molar-refractivity contribution in [2.75, 3.05) is 19.3 Å². The first kappa shape index (κ1) is 29.9. The van der Waals surface area contributed by atoms with Crippen molar-refractivity contribution in [2.24, 2.45) is 0 Å². The highest BCUT2D eigenvalue weighted by Gasteiger charge is 2.34. The van der Waals surface area contributed by atoms with Gasteiger partial charge in [-0.2, -0.15) is 26.7 Å². The van der Waals surface area contributed by atoms with Gasteiger partial charge in [0.15, 0.2) is 5.69 Å². The molecule has 1 aromatic carbocycles. The van der Waals surface area contributed by atoms with Crippen LogP contribution in [0.5, 0.6) is 5.75 Å². The first-order chi connectivity index (χ1) is 19.8. The van der Waals surface area contributed by atoms with E-state index in [2.05, 4.69) is 15.7 Å². The van der Waals surface area contributed by atoms with Crippen LogP contribution in [0.25, 0.3) is 6.20 Å². The number of piperidine rings is 1. The number of halogens is 3. The van der Waals surface area contributed by atoms with Gasteiger partial charge in [0.05, 0.1) is 27.4 Å². The number of aromatic nitrogens is 3. The summed E-state index contributed by atoms with van der Waals surface area (Å²) in [5.41, 5.74) is 0.774. The zero-order valence-electron chi connectivity index (χ0n) is 22.6. The zero-order valence-corrected chi connectivity index (χ0v) is 24.2. The lowest BCUT2D eigenvalue weighted by atomic mass is 9.98. The van der Waals surface area contributed by atoms with E-state index in [0.717, 1.165) is 30.2 Å². The van der Waals surface area contributed by atoms with Crippen LogP contribution in [0.3, 0.4) is 0 Å². The Morgan fingerprint density at radius 1 is 1.17 bits per heavy atom. The molecule has 2 aliphatic heterocycles. The summed E-state index contributed by atoms with van der Waals surface area (Å²) >= 11 is 1.52. The molecule has 12 nitrogen and oxygen atoms in total. The second-order valence-corrected chi connectivity index (χ2v) is 12.6. The van der Waals surface area contributed by atoms with Crippen molar-refractivity contribution in [1.29, 1.82) is 0 Å². The molecule has 42 heavy (non-hydrogen) atoms. The van der Waals surface area contributed by atoms with E-state index in [-0.39, 0.29) is 30.4 Å². The number of nitro benzene ring substituents is 1. The van der Waals surface area contributed by atoms with Gasteiger partial charge in [0.25, 0.3) is 5.69 Å². The van der Waals surface area contributed by atoms with Gasteiger partial charge in [0.2, 0.25) is 0 Å². The molecule has 0 aliphatic carbocycles. The standard InChI is InChI=1S/C25H28F3N7O5S2/c1-15-11-22(25(26,27)28)32-34(15)10-9-33-7-5-16(6-8-33)24-31-19(14-41-24)23-29-12-17-18(13-30-23)21(40-42(2,38)39)4-3-20(17)35(36)37/h3-4,9-11,14,16,23,29-30H,5-8,12-13H2,1-2H3. The fraction of sp³-hybridized carbons (Fsp3) is 0.440. The van der Waals surface area contributed by atoms with Gasteiger partial charge in [-0.1, -0.05) is 0 Å². The number of alkyl halides is 3. The second kappa shape index (κ2) is 11.6. The van der Waals surface area contributed by atoms with E-state index in [1.54, 1.807) is 13.1 Å². The van der Waals surface area contributed by atoms with Gasteiger partial charge in [0.1, 0.15) is 11.9 Å². The maximum Gasteiger partial charge on any atom is 0.435 e. The summed E-state index contributed by atoms with van der Waals surface area (Å²) < 4.78 is 68.6. The van der Waals surface area contributed by atoms with Gasteiger partial charge in [-0.3, -0.25) is 20.7 Å². The third-order valence-electron chi connectivity index (χ3n) is 7.11. The zero-order chi connectivity index (χ0) is 30.2. The molecule has 2 N–H and O–H groups in total. The first-order valence-electron chi connectivity index (χ1n) is 12.9. The van der Waals surface area contributed by atoms with Crippen LogP contribution < -0.4 is 14.8 Å². The third kappa shape index (κ3) is 6.74. The number of aryl methyl sites for hydroxylation is 1. The van der Waals surface area contributed by atoms with E-state index >= 15 is 0 Å². The summed E-state index contributed by atoms with van der Waals surface area (Å²) in [6.07, 6.45) is 0.879. The van der Waals surface area contributed by atoms with Gasteiger partial charge < -0.3 is 9.08 Å². The normalized spacial score (nSPS) is 18.7. The first-order valence-corrected chi connectivity index (χ1v) is 15.6. The molecular weight excluding hydrogens is 599 g/mol. The fourth-order valence-electron chi connectivity index (χ4n) is 5.00. The molecule has 226 valence electrons. The summed E-state index contributed by atoms with van der Waals surface area (Å²) in [4.78, 5) is 18.0. The Labute approximate surface area is 243 Å². The number of fused-ring (bicyclic) bond motifs is 1. The number of rotatable bonds is 7. The van der Waals surface area contributed by atoms with Gasteiger partial charge in [0, 0.05) is 67.2 Å². The smallest absolute Gasteiger partial charge is 0.382 e. The summed E-state index contributed by atoms with van der Waals surface area (Å²) in [5, 5.41) is 24.6. The van der Waals surface area contributed by atoms with Crippen molar-refractivity contribution in [1.82, 2.24) is 30.3 Å². The molecule has 1 unspecified atom stereocenters. The van der Waals surface area contributed by atoms with Crippen molar-refractivity contribution in [2.45, 2.75) is 51.1 Å². The number of thiazole rings is 1. The van der Waals surface area contributed by atoms with Gasteiger partial charge >= 0.3 is 16.3 Å². The molecule has 17 heteroatoms. The van der Waals surface area contributed by atoms with E-state index in [4.69, 9.17) is 9.17 Å². The summed E-state index contributed by atoms with van der Waals surface area (Å²) in [6, 6.07) is 3.54. The summed E-state index contributed by atoms with van der Waals surface area (Å²) in [7, 11) is -3.84. The average Bonchev–Trinajstić information content (AvgIpc) is 3.48. The van der Waals surface area contributed by atoms with Crippen molar-refractivity contribution in [3.8, 4) is 5.75 Å². The van der Waals surface area contributed by atoms with Gasteiger partial charge in [-0.25, -0.2) is 9.67 Å². The molecule has 0 spiro atoms. The van der Waals surface area contributed by atoms with E-state index in [9.17, 15) is 31.7 Å². The molecule has 3 aromatic rings. The maximum absolute atomic E-state index is 12.9. The molecule has 5 rings (SSSR count). The van der Waals surface area contributed by atoms with E-state index in [1.165, 1.54) is 34.4 Å². The van der Waals surface area contributed by atoms with E-state index < -0.39 is 33.1 Å². The predicted octanol–water partition coefficient (Wildman–Crippen LogP) is 4.11. The molecule has 1 atom stereocenters. The highest BCUT2D eigenvalue weighted by Crippen LogP contribution is 2.35. The SMILES string of the molecule is Cc1cc(C(F)(F)F)nn1C=CN1CCC(c2nc(C3NCc4c(OS(C)(=O)=O)ccc([N+](=O)[O-])c4CN3)cs2)CC1. The number of nitrogens with one attached hydrogen (secondary N) is 2. The van der Waals surface area contributed by atoms with Crippen molar-refractivity contribution in [3.63, 3.8) is 0 Å². The topological polar surface area (TPSA) is 145 Å². The van der Waals surface area contributed by atoms with Crippen LogP contribution in [0, 0.1) is 17.0 Å². The van der Waals surface area contributed by atoms with E-state index in [0.29, 0.717) is 35.6 Å². The molecular formula is C25H28F3N7O5S2. The minimum absolute atomic E-state index is 0.0383. The number of hydrogen-bond acceptors (Lipinski definition) is 11. The quantitative estimate of drug-likeness (QED) is 0.223. The van der Waals surface area contributed by atoms with Crippen molar-refractivity contribution >= 4 is 33.3 Å². The Hall–Kier alpha value is -3.54. The molecule has 2 aliphatic rings. The number of hydrogen-bond donors (Lipinski definition) is 2. The van der Waals surface area contributed by atoms with Crippen LogP contribution in [0.2, 0.25) is 0 Å². The highest BCUT2D eigenvalue weighted by molar-refractivity contribution is 7.86. The van der Waals surface area contributed by atoms with Crippen LogP contribution in [0.1, 0.15) is 58.1 Å². The molecule has 1 saturated heterocycles. The lowest BCUT2D eigenvalue weighted by Gasteiger charge is -2.30. The van der Waals surface area contributed by atoms with E-state index in [1.807, 2.05) is 10.3 Å². The number of nitrogens with zero attached hydrogens (tertiary/aromatic N) is 5. The van der Waals surface area contributed by atoms with Crippen LogP contribution in [0.15, 0.2) is 29.8 Å². The van der Waals surface area contributed by atoms with Crippen LogP contribution in [-0.4, -0.2) is 52.4 Å². The molecule has 0 saturated carbocycles. The predicted molar refractivity (Wildman–Crippen MR) is 148 cm³/mol. The van der Waals surface area contributed by atoms with Gasteiger partial charge in [-0.15, -0.1) is 11.3 Å². The second-order valence-electron chi connectivity index (χ2n) is 10.1. The Morgan fingerprint density at radius 3 is 2.48 bits per heavy atom. The molecule has 1 fully saturated rings. The molecule has 0 bridgehead atoms. The average molecular weight is 628 g/mol. The Balaban J connectivity index is 1.22. The minimum Gasteiger partial charge on any atom is -0.382 e. The third-order valence-corrected chi connectivity index (χ3v) is 8.62. The fourth-order valence-corrected chi connectivity index (χ4v) is 6.50. The van der Waals surface area contributed by atoms with Crippen LogP contribution in [-0.2, 0) is 29.4 Å². The summed E-state index contributed by atoms with van der Waals surface area (Å²) in [6.45, 7) is 3.19. The van der Waals surface area contributed by atoms with Crippen molar-refractivity contribution in [3.05, 3.63) is 73.1 Å². The maximum atomic E-state index is 12.9. The lowest BCUT2D eigenvalue weighted by Crippen LogP contribution is -2.31. The minimum atomic E-state index is -4.49. The van der Waals surface area contributed by atoms with Crippen LogP contribution in [0.4, 0.5) is 18.9 Å². The number of nitro groups is 1. The molecule has 4 heterocycles. The monoisotopic (exact) mass is 627 g/mol. The Bertz CT molecular complexity index is 1610. The molecule has 0 amide bonds. The number of benzene rings is 1. The Morgan fingerprint density at radius 2 is 1.86 bits per heavy atom. The Kier molecular flexibility index (Phi) is 8.28. The van der Waals surface area contributed by atoms with Gasteiger partial charge in [-0.05, 0) is 31.9 Å². The van der Waals surface area contributed by atoms with Crippen molar-refractivity contribution < 1.29 is 30.7 Å². The highest BCUT2D eigenvalue weighted by atomic mass is 32.2.